The molecule has 6 heteroatoms. The molecule has 0 saturated heterocycles. The van der Waals surface area contributed by atoms with Gasteiger partial charge in [-0.1, -0.05) is 12.8 Å². The first-order valence-electron chi connectivity index (χ1n) is 6.31. The summed E-state index contributed by atoms with van der Waals surface area (Å²) in [5.41, 5.74) is -0.714. The third-order valence-corrected chi connectivity index (χ3v) is 2.37. The molecule has 1 atom stereocenters. The average Bonchev–Trinajstić information content (AvgIpc) is 2.19. The Bertz CT molecular complexity index is 329. The summed E-state index contributed by atoms with van der Waals surface area (Å²) in [6, 6.07) is 0. The molecule has 0 aromatic carbocycles. The largest absolute Gasteiger partial charge is 0.481 e. The van der Waals surface area contributed by atoms with E-state index in [4.69, 9.17) is 14.9 Å². The Labute approximate surface area is 112 Å². The molecule has 0 aliphatic heterocycles. The van der Waals surface area contributed by atoms with Crippen molar-refractivity contribution in [3.05, 3.63) is 0 Å². The number of carboxylic acid groups (broad SMARTS) is 2. The van der Waals surface area contributed by atoms with E-state index in [1.807, 2.05) is 0 Å². The zero-order valence-electron chi connectivity index (χ0n) is 11.6. The quantitative estimate of drug-likeness (QED) is 0.399. The number of esters is 1. The first-order valence-corrected chi connectivity index (χ1v) is 6.31. The minimum atomic E-state index is -1.20. The van der Waals surface area contributed by atoms with Gasteiger partial charge in [0.15, 0.2) is 5.92 Å². The lowest BCUT2D eigenvalue weighted by Gasteiger charge is -2.22. The smallest absolute Gasteiger partial charge is 0.320 e. The van der Waals surface area contributed by atoms with Crippen LogP contribution in [0.15, 0.2) is 0 Å². The molecule has 2 N–H and O–H groups in total. The van der Waals surface area contributed by atoms with Crippen LogP contribution in [0.25, 0.3) is 0 Å². The first kappa shape index (κ1) is 17.4. The predicted octanol–water partition coefficient (Wildman–Crippen LogP) is 2.06. The van der Waals surface area contributed by atoms with Gasteiger partial charge in [0.2, 0.25) is 0 Å². The van der Waals surface area contributed by atoms with E-state index in [0.717, 1.165) is 0 Å². The molecule has 0 aliphatic rings. The number of hydrogen-bond donors (Lipinski definition) is 2. The SMILES string of the molecule is CC(C)(C)OC(=O)C(CCCCCC(=O)O)C(=O)O. The van der Waals surface area contributed by atoms with Crippen molar-refractivity contribution in [3.63, 3.8) is 0 Å². The Morgan fingerprint density at radius 3 is 2.05 bits per heavy atom. The Morgan fingerprint density at radius 2 is 1.63 bits per heavy atom. The fourth-order valence-electron chi connectivity index (χ4n) is 1.52. The van der Waals surface area contributed by atoms with Crippen molar-refractivity contribution in [1.29, 1.82) is 0 Å². The Hall–Kier alpha value is -1.59. The molecular formula is C13H22O6. The van der Waals surface area contributed by atoms with Crippen LogP contribution in [0.1, 0.15) is 52.9 Å². The number of carbonyl (C=O) groups is 3. The zero-order valence-corrected chi connectivity index (χ0v) is 11.6. The summed E-state index contributed by atoms with van der Waals surface area (Å²) in [6.07, 6.45) is 1.78. The minimum Gasteiger partial charge on any atom is -0.481 e. The molecule has 110 valence electrons. The Morgan fingerprint density at radius 1 is 1.05 bits per heavy atom. The van der Waals surface area contributed by atoms with Gasteiger partial charge in [-0.3, -0.25) is 14.4 Å². The van der Waals surface area contributed by atoms with Gasteiger partial charge in [-0.2, -0.15) is 0 Å². The molecule has 0 radical (unpaired) electrons. The second kappa shape index (κ2) is 7.76. The number of rotatable bonds is 8. The number of carbonyl (C=O) groups excluding carboxylic acids is 1. The molecule has 19 heavy (non-hydrogen) atoms. The maximum atomic E-state index is 11.7. The highest BCUT2D eigenvalue weighted by molar-refractivity contribution is 5.94. The van der Waals surface area contributed by atoms with Gasteiger partial charge in [0.25, 0.3) is 0 Å². The van der Waals surface area contributed by atoms with Crippen molar-refractivity contribution in [3.8, 4) is 0 Å². The normalized spacial score (nSPS) is 12.8. The fraction of sp³-hybridized carbons (Fsp3) is 0.769. The molecule has 0 rings (SSSR count). The Balaban J connectivity index is 4.17. The van der Waals surface area contributed by atoms with Gasteiger partial charge in [-0.05, 0) is 33.6 Å². The summed E-state index contributed by atoms with van der Waals surface area (Å²) >= 11 is 0. The number of carboxylic acids is 2. The lowest BCUT2D eigenvalue weighted by Crippen LogP contribution is -2.32. The summed E-state index contributed by atoms with van der Waals surface area (Å²) in [4.78, 5) is 33.0. The topological polar surface area (TPSA) is 101 Å². The molecule has 1 unspecified atom stereocenters. The summed E-state index contributed by atoms with van der Waals surface area (Å²) in [5.74, 6) is -3.99. The van der Waals surface area contributed by atoms with Crippen molar-refractivity contribution in [2.24, 2.45) is 5.92 Å². The number of ether oxygens (including phenoxy) is 1. The fourth-order valence-corrected chi connectivity index (χ4v) is 1.52. The lowest BCUT2D eigenvalue weighted by molar-refractivity contribution is -0.167. The van der Waals surface area contributed by atoms with Crippen LogP contribution in [0.2, 0.25) is 0 Å². The van der Waals surface area contributed by atoms with E-state index in [1.165, 1.54) is 0 Å². The molecule has 0 aliphatic carbocycles. The van der Waals surface area contributed by atoms with Gasteiger partial charge in [0, 0.05) is 6.42 Å². The summed E-state index contributed by atoms with van der Waals surface area (Å²) in [6.45, 7) is 5.03. The van der Waals surface area contributed by atoms with Crippen molar-refractivity contribution in [2.75, 3.05) is 0 Å². The summed E-state index contributed by atoms with van der Waals surface area (Å²) < 4.78 is 5.04. The monoisotopic (exact) mass is 274 g/mol. The van der Waals surface area contributed by atoms with Crippen LogP contribution in [-0.2, 0) is 19.1 Å². The van der Waals surface area contributed by atoms with Crippen molar-refractivity contribution < 1.29 is 29.3 Å². The van der Waals surface area contributed by atoms with Crippen LogP contribution in [0, 0.1) is 5.92 Å². The Kier molecular flexibility index (Phi) is 7.11. The maximum Gasteiger partial charge on any atom is 0.320 e. The van der Waals surface area contributed by atoms with Crippen LogP contribution in [0.3, 0.4) is 0 Å². The predicted molar refractivity (Wildman–Crippen MR) is 67.7 cm³/mol. The van der Waals surface area contributed by atoms with E-state index in [0.29, 0.717) is 19.3 Å². The number of unbranched alkanes of at least 4 members (excludes halogenated alkanes) is 2. The van der Waals surface area contributed by atoms with Gasteiger partial charge in [0.1, 0.15) is 5.60 Å². The summed E-state index contributed by atoms with van der Waals surface area (Å²) in [7, 11) is 0. The molecule has 0 saturated carbocycles. The molecule has 0 bridgehead atoms. The lowest BCUT2D eigenvalue weighted by atomic mass is 10.0. The average molecular weight is 274 g/mol. The van der Waals surface area contributed by atoms with Crippen LogP contribution in [0.5, 0.6) is 0 Å². The zero-order chi connectivity index (χ0) is 15.1. The first-order chi connectivity index (χ1) is 8.63. The summed E-state index contributed by atoms with van der Waals surface area (Å²) in [5, 5.41) is 17.4. The second-order valence-electron chi connectivity index (χ2n) is 5.42. The van der Waals surface area contributed by atoms with Gasteiger partial charge < -0.3 is 14.9 Å². The number of aliphatic carboxylic acids is 2. The van der Waals surface area contributed by atoms with Crippen molar-refractivity contribution in [2.45, 2.75) is 58.5 Å². The highest BCUT2D eigenvalue weighted by atomic mass is 16.6. The van der Waals surface area contributed by atoms with Crippen LogP contribution < -0.4 is 0 Å². The van der Waals surface area contributed by atoms with Gasteiger partial charge >= 0.3 is 17.9 Å². The molecule has 0 spiro atoms. The van der Waals surface area contributed by atoms with E-state index < -0.39 is 29.4 Å². The van der Waals surface area contributed by atoms with E-state index in [9.17, 15) is 14.4 Å². The van der Waals surface area contributed by atoms with Crippen LogP contribution >= 0.6 is 0 Å². The highest BCUT2D eigenvalue weighted by Crippen LogP contribution is 2.17. The van der Waals surface area contributed by atoms with Gasteiger partial charge in [-0.25, -0.2) is 0 Å². The number of hydrogen-bond acceptors (Lipinski definition) is 4. The van der Waals surface area contributed by atoms with Crippen LogP contribution in [0.4, 0.5) is 0 Å². The molecular weight excluding hydrogens is 252 g/mol. The van der Waals surface area contributed by atoms with E-state index in [2.05, 4.69) is 0 Å². The minimum absolute atomic E-state index is 0.0597. The van der Waals surface area contributed by atoms with E-state index in [1.54, 1.807) is 20.8 Å². The van der Waals surface area contributed by atoms with Crippen LogP contribution in [-0.4, -0.2) is 33.7 Å². The molecule has 0 heterocycles. The molecule has 0 amide bonds. The highest BCUT2D eigenvalue weighted by Gasteiger charge is 2.30. The standard InChI is InChI=1S/C13H22O6/c1-13(2,3)19-12(18)9(11(16)17)7-5-4-6-8-10(14)15/h9H,4-8H2,1-3H3,(H,14,15)(H,16,17). The maximum absolute atomic E-state index is 11.7. The van der Waals surface area contributed by atoms with Crippen molar-refractivity contribution in [1.82, 2.24) is 0 Å². The third-order valence-electron chi connectivity index (χ3n) is 2.37. The van der Waals surface area contributed by atoms with Crippen molar-refractivity contribution >= 4 is 17.9 Å². The molecule has 6 nitrogen and oxygen atoms in total. The second-order valence-corrected chi connectivity index (χ2v) is 5.42. The van der Waals surface area contributed by atoms with Gasteiger partial charge in [-0.15, -0.1) is 0 Å². The third kappa shape index (κ3) is 9.04. The molecule has 0 fully saturated rings. The van der Waals surface area contributed by atoms with Gasteiger partial charge in [0.05, 0.1) is 0 Å². The molecule has 0 aromatic heterocycles. The van der Waals surface area contributed by atoms with E-state index >= 15 is 0 Å². The van der Waals surface area contributed by atoms with E-state index in [-0.39, 0.29) is 12.8 Å². The molecule has 0 aromatic rings.